The average Bonchev–Trinajstić information content (AvgIpc) is 3.16. The van der Waals surface area contributed by atoms with Crippen molar-refractivity contribution < 1.29 is 9.53 Å². The van der Waals surface area contributed by atoms with Crippen LogP contribution in [-0.4, -0.2) is 53.6 Å². The number of benzene rings is 2. The third-order valence-electron chi connectivity index (χ3n) is 6.08. The number of hydrogen-bond donors (Lipinski definition) is 1. The van der Waals surface area contributed by atoms with Gasteiger partial charge in [0.25, 0.3) is 0 Å². The van der Waals surface area contributed by atoms with Crippen molar-refractivity contribution in [2.45, 2.75) is 13.3 Å². The molecule has 4 aromatic rings. The van der Waals surface area contributed by atoms with E-state index < -0.39 is 0 Å². The van der Waals surface area contributed by atoms with Crippen LogP contribution in [0.4, 0.5) is 16.3 Å². The van der Waals surface area contributed by atoms with Crippen LogP contribution in [0.25, 0.3) is 16.6 Å². The van der Waals surface area contributed by atoms with Crippen molar-refractivity contribution in [1.82, 2.24) is 14.3 Å². The van der Waals surface area contributed by atoms with E-state index in [2.05, 4.69) is 54.9 Å². The van der Waals surface area contributed by atoms with Crippen molar-refractivity contribution in [3.63, 3.8) is 0 Å². The predicted molar refractivity (Wildman–Crippen MR) is 136 cm³/mol. The molecule has 1 aliphatic rings. The topological polar surface area (TPSA) is 62.1 Å². The summed E-state index contributed by atoms with van der Waals surface area (Å²) in [6, 6.07) is 16.0. The number of aromatic nitrogens is 2. The molecule has 0 bridgehead atoms. The molecule has 170 valence electrons. The summed E-state index contributed by atoms with van der Waals surface area (Å²) in [7, 11) is 1.61. The first-order valence-corrected chi connectivity index (χ1v) is 11.8. The number of aryl methyl sites for hydroxylation is 1. The molecule has 0 atom stereocenters. The molecular formula is C25H26BrN5O2. The van der Waals surface area contributed by atoms with Gasteiger partial charge in [-0.3, -0.25) is 0 Å². The summed E-state index contributed by atoms with van der Waals surface area (Å²) in [5, 5.41) is 3.03. The zero-order valence-corrected chi connectivity index (χ0v) is 20.3. The number of rotatable bonds is 3. The lowest BCUT2D eigenvalue weighted by atomic mass is 10.2. The van der Waals surface area contributed by atoms with Crippen molar-refractivity contribution in [3.05, 3.63) is 64.8 Å². The molecule has 0 radical (unpaired) electrons. The first kappa shape index (κ1) is 21.6. The molecule has 1 saturated heterocycles. The standard InChI is InChI=1S/C25H26BrN5O2/c1-17-6-9-23(33-2)20(15-17)28-25(32)30-11-4-10-29(13-14-30)24-22-5-3-12-31(22)21-8-7-18(26)16-19(21)27-24/h3,5-9,12,15-16H,4,10-11,13-14H2,1-2H3,(H,28,32). The molecular weight excluding hydrogens is 482 g/mol. The third-order valence-corrected chi connectivity index (χ3v) is 6.57. The Morgan fingerprint density at radius 1 is 1.06 bits per heavy atom. The first-order valence-electron chi connectivity index (χ1n) is 11.1. The van der Waals surface area contributed by atoms with Crippen LogP contribution in [0, 0.1) is 6.92 Å². The van der Waals surface area contributed by atoms with E-state index in [1.807, 2.05) is 42.2 Å². The van der Waals surface area contributed by atoms with E-state index in [9.17, 15) is 4.79 Å². The van der Waals surface area contributed by atoms with Crippen LogP contribution in [0.15, 0.2) is 59.2 Å². The van der Waals surface area contributed by atoms with E-state index in [0.29, 0.717) is 31.1 Å². The molecule has 1 N–H and O–H groups in total. The molecule has 1 fully saturated rings. The highest BCUT2D eigenvalue weighted by Crippen LogP contribution is 2.29. The van der Waals surface area contributed by atoms with E-state index in [1.165, 1.54) is 0 Å². The number of methoxy groups -OCH3 is 1. The predicted octanol–water partition coefficient (Wildman–Crippen LogP) is 5.31. The van der Waals surface area contributed by atoms with Gasteiger partial charge in [-0.15, -0.1) is 0 Å². The molecule has 8 heteroatoms. The Bertz CT molecular complexity index is 1340. The Labute approximate surface area is 201 Å². The molecule has 2 aromatic carbocycles. The lowest BCUT2D eigenvalue weighted by Crippen LogP contribution is -2.38. The summed E-state index contributed by atoms with van der Waals surface area (Å²) in [5.74, 6) is 1.61. The van der Waals surface area contributed by atoms with Gasteiger partial charge in [0.15, 0.2) is 5.82 Å². The van der Waals surface area contributed by atoms with Crippen LogP contribution >= 0.6 is 15.9 Å². The van der Waals surface area contributed by atoms with E-state index in [4.69, 9.17) is 9.72 Å². The Balaban J connectivity index is 1.37. The second-order valence-electron chi connectivity index (χ2n) is 8.29. The summed E-state index contributed by atoms with van der Waals surface area (Å²) in [6.45, 7) is 4.85. The molecule has 0 spiro atoms. The van der Waals surface area contributed by atoms with Crippen molar-refractivity contribution in [1.29, 1.82) is 0 Å². The maximum Gasteiger partial charge on any atom is 0.322 e. The summed E-state index contributed by atoms with van der Waals surface area (Å²) in [6.07, 6.45) is 2.94. The Kier molecular flexibility index (Phi) is 5.85. The highest BCUT2D eigenvalue weighted by molar-refractivity contribution is 9.10. The Morgan fingerprint density at radius 2 is 1.94 bits per heavy atom. The number of anilines is 2. The Morgan fingerprint density at radius 3 is 2.79 bits per heavy atom. The fourth-order valence-corrected chi connectivity index (χ4v) is 4.76. The fourth-order valence-electron chi connectivity index (χ4n) is 4.41. The highest BCUT2D eigenvalue weighted by Gasteiger charge is 2.23. The number of amides is 2. The minimum atomic E-state index is -0.107. The van der Waals surface area contributed by atoms with E-state index in [1.54, 1.807) is 7.11 Å². The van der Waals surface area contributed by atoms with Crippen molar-refractivity contribution >= 4 is 50.0 Å². The number of nitrogens with zero attached hydrogens (tertiary/aromatic N) is 4. The van der Waals surface area contributed by atoms with Gasteiger partial charge < -0.3 is 24.3 Å². The molecule has 0 saturated carbocycles. The van der Waals surface area contributed by atoms with Crippen LogP contribution in [0.5, 0.6) is 5.75 Å². The van der Waals surface area contributed by atoms with Gasteiger partial charge in [0.1, 0.15) is 5.75 Å². The van der Waals surface area contributed by atoms with E-state index in [-0.39, 0.29) is 6.03 Å². The van der Waals surface area contributed by atoms with Gasteiger partial charge in [-0.05, 0) is 61.4 Å². The van der Waals surface area contributed by atoms with E-state index >= 15 is 0 Å². The fraction of sp³-hybridized carbons (Fsp3) is 0.280. The number of fused-ring (bicyclic) bond motifs is 3. The molecule has 7 nitrogen and oxygen atoms in total. The maximum atomic E-state index is 13.0. The smallest absolute Gasteiger partial charge is 0.322 e. The lowest BCUT2D eigenvalue weighted by Gasteiger charge is -2.24. The molecule has 3 heterocycles. The summed E-state index contributed by atoms with van der Waals surface area (Å²) >= 11 is 3.56. The zero-order valence-electron chi connectivity index (χ0n) is 18.7. The number of carbonyl (C=O) groups is 1. The van der Waals surface area contributed by atoms with Crippen LogP contribution in [0.3, 0.4) is 0 Å². The number of urea groups is 1. The van der Waals surface area contributed by atoms with Crippen molar-refractivity contribution in [2.24, 2.45) is 0 Å². The van der Waals surface area contributed by atoms with Gasteiger partial charge >= 0.3 is 6.03 Å². The summed E-state index contributed by atoms with van der Waals surface area (Å²) < 4.78 is 8.60. The summed E-state index contributed by atoms with van der Waals surface area (Å²) in [5.41, 5.74) is 4.85. The zero-order chi connectivity index (χ0) is 22.9. The Hall–Kier alpha value is -3.26. The van der Waals surface area contributed by atoms with Crippen molar-refractivity contribution in [3.8, 4) is 5.75 Å². The second kappa shape index (κ2) is 8.94. The number of ether oxygens (including phenoxy) is 1. The van der Waals surface area contributed by atoms with Crippen LogP contribution in [0.2, 0.25) is 0 Å². The van der Waals surface area contributed by atoms with Gasteiger partial charge in [0, 0.05) is 36.8 Å². The number of hydrogen-bond acceptors (Lipinski definition) is 4. The molecule has 5 rings (SSSR count). The SMILES string of the molecule is COc1ccc(C)cc1NC(=O)N1CCCN(c2nc3cc(Br)ccc3n3cccc23)CC1. The molecule has 33 heavy (non-hydrogen) atoms. The van der Waals surface area contributed by atoms with Crippen LogP contribution in [0.1, 0.15) is 12.0 Å². The van der Waals surface area contributed by atoms with Gasteiger partial charge in [0.2, 0.25) is 0 Å². The van der Waals surface area contributed by atoms with E-state index in [0.717, 1.165) is 45.4 Å². The minimum absolute atomic E-state index is 0.107. The molecule has 2 aromatic heterocycles. The molecule has 2 amide bonds. The number of carbonyl (C=O) groups excluding carboxylic acids is 1. The van der Waals surface area contributed by atoms with Gasteiger partial charge in [-0.25, -0.2) is 9.78 Å². The van der Waals surface area contributed by atoms with Gasteiger partial charge in [-0.1, -0.05) is 22.0 Å². The maximum absolute atomic E-state index is 13.0. The lowest BCUT2D eigenvalue weighted by molar-refractivity contribution is 0.215. The van der Waals surface area contributed by atoms with Gasteiger partial charge in [0.05, 0.1) is 29.3 Å². The summed E-state index contributed by atoms with van der Waals surface area (Å²) in [4.78, 5) is 22.2. The third kappa shape index (κ3) is 4.23. The highest BCUT2D eigenvalue weighted by atomic mass is 79.9. The number of halogens is 1. The average molecular weight is 508 g/mol. The van der Waals surface area contributed by atoms with Gasteiger partial charge in [-0.2, -0.15) is 0 Å². The minimum Gasteiger partial charge on any atom is -0.495 e. The second-order valence-corrected chi connectivity index (χ2v) is 9.21. The number of nitrogens with one attached hydrogen (secondary N) is 1. The normalized spacial score (nSPS) is 14.5. The van der Waals surface area contributed by atoms with Crippen molar-refractivity contribution in [2.75, 3.05) is 43.5 Å². The largest absolute Gasteiger partial charge is 0.495 e. The van der Waals surface area contributed by atoms with Crippen LogP contribution < -0.4 is 15.0 Å². The molecule has 0 unspecified atom stereocenters. The quantitative estimate of drug-likeness (QED) is 0.408. The molecule has 0 aliphatic carbocycles. The monoisotopic (exact) mass is 507 g/mol. The first-order chi connectivity index (χ1) is 16.0. The molecule has 1 aliphatic heterocycles. The van der Waals surface area contributed by atoms with Crippen LogP contribution in [-0.2, 0) is 0 Å².